The van der Waals surface area contributed by atoms with Crippen LogP contribution < -0.4 is 10.9 Å². The van der Waals surface area contributed by atoms with Crippen molar-refractivity contribution < 1.29 is 8.83 Å². The number of furan rings is 1. The zero-order valence-electron chi connectivity index (χ0n) is 14.2. The molecule has 0 atom stereocenters. The summed E-state index contributed by atoms with van der Waals surface area (Å²) in [5.74, 6) is 2.84. The van der Waals surface area contributed by atoms with Crippen LogP contribution in [0.3, 0.4) is 0 Å². The van der Waals surface area contributed by atoms with Crippen LogP contribution in [-0.4, -0.2) is 12.3 Å². The molecule has 26 heavy (non-hydrogen) atoms. The van der Waals surface area contributed by atoms with Crippen molar-refractivity contribution in [3.8, 4) is 0 Å². The number of hydrogen-bond acceptors (Lipinski definition) is 5. The lowest BCUT2D eigenvalue weighted by Gasteiger charge is -2.10. The van der Waals surface area contributed by atoms with Gasteiger partial charge in [-0.15, -0.1) is 0 Å². The molecule has 4 nitrogen and oxygen atoms in total. The fourth-order valence-corrected chi connectivity index (χ4v) is 3.89. The molecule has 0 bridgehead atoms. The van der Waals surface area contributed by atoms with Gasteiger partial charge < -0.3 is 14.2 Å². The van der Waals surface area contributed by atoms with Gasteiger partial charge in [-0.05, 0) is 34.5 Å². The van der Waals surface area contributed by atoms with E-state index in [0.29, 0.717) is 12.1 Å². The lowest BCUT2D eigenvalue weighted by Crippen LogP contribution is -2.18. The maximum absolute atomic E-state index is 11.9. The zero-order chi connectivity index (χ0) is 17.8. The first-order valence-corrected chi connectivity index (χ1v) is 9.72. The predicted octanol–water partition coefficient (Wildman–Crippen LogP) is 4.56. The molecule has 4 rings (SSSR count). The van der Waals surface area contributed by atoms with Crippen LogP contribution in [0.1, 0.15) is 11.3 Å². The molecule has 0 unspecified atom stereocenters. The molecule has 0 spiro atoms. The summed E-state index contributed by atoms with van der Waals surface area (Å²) in [5, 5.41) is 6.70. The summed E-state index contributed by atoms with van der Waals surface area (Å²) >= 11 is 1.82. The average molecular weight is 365 g/mol. The minimum Gasteiger partial charge on any atom is -0.468 e. The third-order valence-electron chi connectivity index (χ3n) is 4.28. The Bertz CT molecular complexity index is 1070. The Kier molecular flexibility index (Phi) is 5.09. The number of rotatable bonds is 7. The Hall–Kier alpha value is -2.50. The largest absolute Gasteiger partial charge is 0.468 e. The molecule has 0 saturated heterocycles. The highest BCUT2D eigenvalue weighted by Gasteiger charge is 2.09. The molecule has 1 N–H and O–H groups in total. The van der Waals surface area contributed by atoms with Gasteiger partial charge in [-0.1, -0.05) is 30.3 Å². The highest BCUT2D eigenvalue weighted by Crippen LogP contribution is 2.27. The van der Waals surface area contributed by atoms with Gasteiger partial charge in [-0.25, -0.2) is 4.79 Å². The summed E-state index contributed by atoms with van der Waals surface area (Å²) in [4.78, 5) is 11.9. The van der Waals surface area contributed by atoms with Crippen molar-refractivity contribution in [1.82, 2.24) is 5.32 Å². The van der Waals surface area contributed by atoms with Crippen molar-refractivity contribution in [2.75, 3.05) is 12.3 Å². The second-order valence-corrected chi connectivity index (χ2v) is 7.16. The van der Waals surface area contributed by atoms with Gasteiger partial charge >= 0.3 is 5.63 Å². The van der Waals surface area contributed by atoms with E-state index in [1.807, 2.05) is 48.2 Å². The topological polar surface area (TPSA) is 55.4 Å². The van der Waals surface area contributed by atoms with E-state index < -0.39 is 0 Å². The van der Waals surface area contributed by atoms with E-state index in [2.05, 4.69) is 17.4 Å². The van der Waals surface area contributed by atoms with Crippen LogP contribution in [0.25, 0.3) is 21.7 Å². The number of fused-ring (bicyclic) bond motifs is 3. The molecule has 2 aromatic carbocycles. The molecular formula is C21H19NO3S. The Labute approximate surface area is 155 Å². The second kappa shape index (κ2) is 7.81. The average Bonchev–Trinajstić information content (AvgIpc) is 3.17. The maximum Gasteiger partial charge on any atom is 0.336 e. The lowest BCUT2D eigenvalue weighted by atomic mass is 10.0. The summed E-state index contributed by atoms with van der Waals surface area (Å²) in [6.07, 6.45) is 1.70. The van der Waals surface area contributed by atoms with Crippen molar-refractivity contribution in [3.05, 3.63) is 82.6 Å². The van der Waals surface area contributed by atoms with E-state index in [4.69, 9.17) is 8.83 Å². The van der Waals surface area contributed by atoms with Crippen LogP contribution in [0, 0.1) is 0 Å². The standard InChI is InChI=1S/C21H19NO3S/c23-20-12-16(13-22-9-11-26-14-17-5-3-10-24-17)21-18-6-2-1-4-15(18)7-8-19(21)25-20/h1-8,10,12,22H,9,11,13-14H2. The molecule has 0 aliphatic heterocycles. The van der Waals surface area contributed by atoms with Crippen molar-refractivity contribution in [1.29, 1.82) is 0 Å². The summed E-state index contributed by atoms with van der Waals surface area (Å²) in [6, 6.07) is 17.5. The number of thioether (sulfide) groups is 1. The normalized spacial score (nSPS) is 11.4. The summed E-state index contributed by atoms with van der Waals surface area (Å²) < 4.78 is 10.7. The minimum atomic E-state index is -0.309. The van der Waals surface area contributed by atoms with Crippen LogP contribution in [0.15, 0.2) is 74.5 Å². The molecular weight excluding hydrogens is 346 g/mol. The maximum atomic E-state index is 11.9. The first-order chi connectivity index (χ1) is 12.8. The van der Waals surface area contributed by atoms with Gasteiger partial charge in [0.25, 0.3) is 0 Å². The third-order valence-corrected chi connectivity index (χ3v) is 5.26. The molecule has 4 aromatic rings. The number of nitrogens with one attached hydrogen (secondary N) is 1. The summed E-state index contributed by atoms with van der Waals surface area (Å²) in [5.41, 5.74) is 1.31. The van der Waals surface area contributed by atoms with Crippen molar-refractivity contribution >= 4 is 33.5 Å². The van der Waals surface area contributed by atoms with Gasteiger partial charge in [0.2, 0.25) is 0 Å². The van der Waals surface area contributed by atoms with Gasteiger partial charge in [0.15, 0.2) is 0 Å². The van der Waals surface area contributed by atoms with Gasteiger partial charge in [0.1, 0.15) is 11.3 Å². The molecule has 2 heterocycles. The van der Waals surface area contributed by atoms with Crippen LogP contribution in [-0.2, 0) is 12.3 Å². The zero-order valence-corrected chi connectivity index (χ0v) is 15.1. The molecule has 0 saturated carbocycles. The number of hydrogen-bond donors (Lipinski definition) is 1. The Morgan fingerprint density at radius 3 is 2.85 bits per heavy atom. The molecule has 0 aliphatic carbocycles. The Morgan fingerprint density at radius 1 is 1.04 bits per heavy atom. The Morgan fingerprint density at radius 2 is 1.96 bits per heavy atom. The third kappa shape index (κ3) is 3.69. The van der Waals surface area contributed by atoms with E-state index in [-0.39, 0.29) is 5.63 Å². The van der Waals surface area contributed by atoms with Crippen LogP contribution >= 0.6 is 11.8 Å². The molecule has 0 aliphatic rings. The molecule has 0 amide bonds. The van der Waals surface area contributed by atoms with Crippen LogP contribution in [0.4, 0.5) is 0 Å². The molecule has 0 radical (unpaired) electrons. The predicted molar refractivity (Wildman–Crippen MR) is 107 cm³/mol. The van der Waals surface area contributed by atoms with Gasteiger partial charge in [-0.3, -0.25) is 0 Å². The second-order valence-electron chi connectivity index (χ2n) is 6.06. The van der Waals surface area contributed by atoms with Crippen molar-refractivity contribution in [2.45, 2.75) is 12.3 Å². The van der Waals surface area contributed by atoms with E-state index >= 15 is 0 Å². The number of benzene rings is 2. The van der Waals surface area contributed by atoms with Gasteiger partial charge in [0, 0.05) is 30.3 Å². The fourth-order valence-electron chi connectivity index (χ4n) is 3.09. The first-order valence-electron chi connectivity index (χ1n) is 8.56. The van der Waals surface area contributed by atoms with E-state index in [9.17, 15) is 4.79 Å². The van der Waals surface area contributed by atoms with E-state index in [1.165, 1.54) is 0 Å². The SMILES string of the molecule is O=c1cc(CNCCSCc2ccco2)c2c(ccc3ccccc32)o1. The highest BCUT2D eigenvalue weighted by atomic mass is 32.2. The monoisotopic (exact) mass is 365 g/mol. The minimum absolute atomic E-state index is 0.309. The van der Waals surface area contributed by atoms with Gasteiger partial charge in [0.05, 0.1) is 12.0 Å². The molecule has 5 heteroatoms. The van der Waals surface area contributed by atoms with Crippen LogP contribution in [0.5, 0.6) is 0 Å². The summed E-state index contributed by atoms with van der Waals surface area (Å²) in [6.45, 7) is 1.50. The van der Waals surface area contributed by atoms with Crippen LogP contribution in [0.2, 0.25) is 0 Å². The quantitative estimate of drug-likeness (QED) is 0.295. The van der Waals surface area contributed by atoms with Gasteiger partial charge in [-0.2, -0.15) is 11.8 Å². The van der Waals surface area contributed by atoms with E-state index in [1.54, 1.807) is 12.3 Å². The van der Waals surface area contributed by atoms with E-state index in [0.717, 1.165) is 45.5 Å². The Balaban J connectivity index is 1.47. The molecule has 132 valence electrons. The molecule has 0 fully saturated rings. The van der Waals surface area contributed by atoms with Crippen molar-refractivity contribution in [2.24, 2.45) is 0 Å². The van der Waals surface area contributed by atoms with Crippen molar-refractivity contribution in [3.63, 3.8) is 0 Å². The summed E-state index contributed by atoms with van der Waals surface area (Å²) in [7, 11) is 0. The smallest absolute Gasteiger partial charge is 0.336 e. The fraction of sp³-hybridized carbons (Fsp3) is 0.190. The molecule has 2 aromatic heterocycles. The lowest BCUT2D eigenvalue weighted by molar-refractivity contribution is 0.530. The first kappa shape index (κ1) is 16.9. The highest BCUT2D eigenvalue weighted by molar-refractivity contribution is 7.98.